The van der Waals surface area contributed by atoms with Gasteiger partial charge in [0.1, 0.15) is 6.61 Å². The highest BCUT2D eigenvalue weighted by Gasteiger charge is 1.84. The molecule has 2 nitrogen and oxygen atoms in total. The minimum absolute atomic E-state index is 0.0998. The molecule has 4 heteroatoms. The molecule has 0 N–H and O–H groups in total. The van der Waals surface area contributed by atoms with Gasteiger partial charge in [-0.2, -0.15) is 9.79 Å². The topological polar surface area (TPSA) is 33.0 Å². The highest BCUT2D eigenvalue weighted by atomic mass is 32.4. The second kappa shape index (κ2) is 5.97. The maximum absolute atomic E-state index is 7.93. The largest absolute Gasteiger partial charge is 0.322 e. The van der Waals surface area contributed by atoms with Gasteiger partial charge < -0.3 is 0 Å². The molecule has 0 aliphatic heterocycles. The minimum Gasteiger partial charge on any atom is -0.198 e. The van der Waals surface area contributed by atoms with Crippen LogP contribution in [0.2, 0.25) is 0 Å². The molecule has 1 atom stereocenters. The smallest absolute Gasteiger partial charge is 0.198 e. The molecule has 0 saturated carbocycles. The Morgan fingerprint density at radius 1 is 1.86 bits per heavy atom. The van der Waals surface area contributed by atoms with Crippen LogP contribution in [0.1, 0.15) is 6.42 Å². The number of rotatable bonds is 3. The molecule has 0 fully saturated rings. The van der Waals surface area contributed by atoms with E-state index in [0.717, 1.165) is 0 Å². The predicted octanol–water partition coefficient (Wildman–Crippen LogP) is 0.972. The summed E-state index contributed by atoms with van der Waals surface area (Å²) in [4.78, 5) is 0. The Hall–Kier alpha value is -0.0300. The third-order valence-electron chi connectivity index (χ3n) is 0.375. The summed E-state index contributed by atoms with van der Waals surface area (Å²) in [5.74, 6) is 0. The van der Waals surface area contributed by atoms with E-state index < -0.39 is 0 Å². The van der Waals surface area contributed by atoms with Crippen molar-refractivity contribution in [3.63, 3.8) is 0 Å². The quantitative estimate of drug-likeness (QED) is 0.426. The van der Waals surface area contributed by atoms with Gasteiger partial charge in [-0.3, -0.25) is 0 Å². The average Bonchev–Trinajstić information content (AvgIpc) is 1.69. The van der Waals surface area contributed by atoms with Gasteiger partial charge in [0, 0.05) is 0 Å². The Labute approximate surface area is 49.0 Å². The highest BCUT2D eigenvalue weighted by molar-refractivity contribution is 7.94. The lowest BCUT2D eigenvalue weighted by molar-refractivity contribution is 0.382. The molecule has 0 amide bonds. The Balaban J connectivity index is 2.72. The summed E-state index contributed by atoms with van der Waals surface area (Å²) in [6.45, 7) is 0.485. The Bertz CT molecular complexity index is 89.4. The third-order valence-corrected chi connectivity index (χ3v) is 1.05. The average molecular weight is 134 g/mol. The van der Waals surface area contributed by atoms with E-state index >= 15 is 0 Å². The van der Waals surface area contributed by atoms with Crippen LogP contribution in [0.3, 0.4) is 0 Å². The normalized spacial score (nSPS) is 8.43. The van der Waals surface area contributed by atoms with Crippen LogP contribution in [0.5, 0.6) is 0 Å². The third kappa shape index (κ3) is 5.97. The van der Waals surface area contributed by atoms with Crippen molar-refractivity contribution in [1.29, 1.82) is 5.26 Å². The van der Waals surface area contributed by atoms with Gasteiger partial charge >= 0.3 is 7.58 Å². The lowest BCUT2D eigenvalue weighted by atomic mass is 10.5. The van der Waals surface area contributed by atoms with Crippen molar-refractivity contribution in [2.75, 3.05) is 6.61 Å². The van der Waals surface area contributed by atoms with Crippen LogP contribution in [0.25, 0.3) is 0 Å². The molecular weight excluding hydrogens is 129 g/mol. The lowest BCUT2D eigenvalue weighted by Gasteiger charge is -1.73. The van der Waals surface area contributed by atoms with Crippen molar-refractivity contribution in [1.82, 2.24) is 0 Å². The standard InChI is InChI=1S/C3H4NOPS/c4-2-1-3-5-6-7/h1,3H2/p+1. The Morgan fingerprint density at radius 2 is 2.57 bits per heavy atom. The van der Waals surface area contributed by atoms with Gasteiger partial charge in [-0.25, -0.2) is 0 Å². The fourth-order valence-electron chi connectivity index (χ4n) is 0.138. The molecule has 38 valence electrons. The second-order valence-electron chi connectivity index (χ2n) is 0.840. The molecule has 0 spiro atoms. The first-order valence-corrected chi connectivity index (χ1v) is 3.82. The summed E-state index contributed by atoms with van der Waals surface area (Å²) in [5, 5.41) is 7.93. The number of nitrogens with zero attached hydrogens (tertiary/aromatic N) is 1. The predicted molar refractivity (Wildman–Crippen MR) is 31.9 cm³/mol. The van der Waals surface area contributed by atoms with Crippen molar-refractivity contribution < 1.29 is 4.52 Å². The molecule has 1 unspecified atom stereocenters. The number of nitriles is 1. The van der Waals surface area contributed by atoms with Gasteiger partial charge in [0.05, 0.1) is 12.5 Å². The highest BCUT2D eigenvalue weighted by Crippen LogP contribution is 1.93. The Kier molecular flexibility index (Phi) is 5.94. The van der Waals surface area contributed by atoms with E-state index in [-0.39, 0.29) is 7.58 Å². The van der Waals surface area contributed by atoms with Crippen LogP contribution in [-0.2, 0) is 16.3 Å². The fourth-order valence-corrected chi connectivity index (χ4v) is 0.574. The van der Waals surface area contributed by atoms with Gasteiger partial charge in [0.15, 0.2) is 11.8 Å². The molecule has 0 heterocycles. The fraction of sp³-hybridized carbons (Fsp3) is 0.667. The summed E-state index contributed by atoms with van der Waals surface area (Å²) in [6, 6.07) is 1.94. The zero-order valence-electron chi connectivity index (χ0n) is 3.68. The summed E-state index contributed by atoms with van der Waals surface area (Å²) in [5.41, 5.74) is 0. The molecule has 0 radical (unpaired) electrons. The van der Waals surface area contributed by atoms with Gasteiger partial charge in [-0.15, -0.1) is 0 Å². The second-order valence-corrected chi connectivity index (χ2v) is 1.80. The van der Waals surface area contributed by atoms with Crippen LogP contribution >= 0.6 is 7.58 Å². The number of hydrogen-bond donors (Lipinski definition) is 0. The minimum atomic E-state index is 0.0998. The summed E-state index contributed by atoms with van der Waals surface area (Å²) >= 11 is 4.46. The van der Waals surface area contributed by atoms with E-state index in [1.807, 2.05) is 6.07 Å². The zero-order valence-corrected chi connectivity index (χ0v) is 5.49. The SMILES string of the molecule is N#CCCO[PH+]=S. The van der Waals surface area contributed by atoms with Gasteiger partial charge in [0.25, 0.3) is 0 Å². The molecule has 0 aliphatic rings. The molecule has 0 aliphatic carbocycles. The van der Waals surface area contributed by atoms with Crippen LogP contribution in [0, 0.1) is 11.3 Å². The maximum atomic E-state index is 7.93. The van der Waals surface area contributed by atoms with Gasteiger partial charge in [-0.05, 0) is 0 Å². The van der Waals surface area contributed by atoms with Crippen LogP contribution in [-0.4, -0.2) is 6.61 Å². The van der Waals surface area contributed by atoms with E-state index in [4.69, 9.17) is 9.79 Å². The van der Waals surface area contributed by atoms with E-state index in [9.17, 15) is 0 Å². The lowest BCUT2D eigenvalue weighted by Crippen LogP contribution is -1.77. The zero-order chi connectivity index (χ0) is 5.54. The summed E-state index contributed by atoms with van der Waals surface area (Å²) < 4.78 is 4.69. The van der Waals surface area contributed by atoms with Crippen molar-refractivity contribution in [3.8, 4) is 6.07 Å². The van der Waals surface area contributed by atoms with Crippen molar-refractivity contribution in [3.05, 3.63) is 0 Å². The monoisotopic (exact) mass is 134 g/mol. The Morgan fingerprint density at radius 3 is 3.00 bits per heavy atom. The molecule has 0 rings (SSSR count). The summed E-state index contributed by atoms with van der Waals surface area (Å²) in [7, 11) is 0.0998. The van der Waals surface area contributed by atoms with Crippen molar-refractivity contribution in [2.45, 2.75) is 6.42 Å². The first kappa shape index (κ1) is 6.97. The first-order valence-electron chi connectivity index (χ1n) is 1.77. The van der Waals surface area contributed by atoms with Crippen molar-refractivity contribution >= 4 is 19.4 Å². The van der Waals surface area contributed by atoms with E-state index in [2.05, 4.69) is 11.8 Å². The van der Waals surface area contributed by atoms with E-state index in [1.54, 1.807) is 0 Å². The maximum Gasteiger partial charge on any atom is 0.322 e. The first-order chi connectivity index (χ1) is 3.41. The number of hydrogen-bond acceptors (Lipinski definition) is 3. The van der Waals surface area contributed by atoms with Crippen LogP contribution in [0.15, 0.2) is 0 Å². The molecular formula is C3H5NOPS+. The summed E-state index contributed by atoms with van der Waals surface area (Å²) in [6.07, 6.45) is 0.448. The molecule has 0 aromatic carbocycles. The van der Waals surface area contributed by atoms with E-state index in [1.165, 1.54) is 0 Å². The molecule has 0 aromatic rings. The van der Waals surface area contributed by atoms with E-state index in [0.29, 0.717) is 13.0 Å². The van der Waals surface area contributed by atoms with Crippen molar-refractivity contribution in [2.24, 2.45) is 0 Å². The molecule has 7 heavy (non-hydrogen) atoms. The van der Waals surface area contributed by atoms with Gasteiger partial charge in [0.2, 0.25) is 0 Å². The van der Waals surface area contributed by atoms with Crippen LogP contribution < -0.4 is 0 Å². The molecule has 0 bridgehead atoms. The molecule has 0 saturated heterocycles. The van der Waals surface area contributed by atoms with Crippen LogP contribution in [0.4, 0.5) is 0 Å². The molecule has 0 aromatic heterocycles. The van der Waals surface area contributed by atoms with Gasteiger partial charge in [-0.1, -0.05) is 0 Å².